The van der Waals surface area contributed by atoms with Gasteiger partial charge in [0.25, 0.3) is 0 Å². The van der Waals surface area contributed by atoms with Crippen molar-refractivity contribution in [3.63, 3.8) is 0 Å². The Kier molecular flexibility index (Phi) is 15.0. The zero-order valence-electron chi connectivity index (χ0n) is 18.6. The van der Waals surface area contributed by atoms with Gasteiger partial charge in [0, 0.05) is 13.2 Å². The zero-order valence-corrected chi connectivity index (χ0v) is 18.6. The Morgan fingerprint density at radius 3 is 2.60 bits per heavy atom. The van der Waals surface area contributed by atoms with Crippen molar-refractivity contribution in [3.8, 4) is 24.3 Å². The Morgan fingerprint density at radius 2 is 2.03 bits per heavy atom. The van der Waals surface area contributed by atoms with Crippen LogP contribution in [0.3, 0.4) is 0 Å². The van der Waals surface area contributed by atoms with Gasteiger partial charge in [-0.25, -0.2) is 4.98 Å². The number of nitrogens with zero attached hydrogens (tertiary/aromatic N) is 4. The van der Waals surface area contributed by atoms with Crippen LogP contribution in [0.4, 0.5) is 0 Å². The molecule has 162 valence electrons. The summed E-state index contributed by atoms with van der Waals surface area (Å²) in [7, 11) is 1.65. The Hall–Kier alpha value is -3.13. The maximum absolute atomic E-state index is 9.32. The largest absolute Gasteiger partial charge is 0.477 e. The van der Waals surface area contributed by atoms with E-state index in [1.165, 1.54) is 4.52 Å². The van der Waals surface area contributed by atoms with Crippen molar-refractivity contribution in [1.82, 2.24) is 14.6 Å². The fraction of sp³-hybridized carbons (Fsp3) is 0.435. The summed E-state index contributed by atoms with van der Waals surface area (Å²) >= 11 is 0. The fourth-order valence-corrected chi connectivity index (χ4v) is 2.08. The molecule has 2 heterocycles. The molecule has 0 aliphatic heterocycles. The number of imidazole rings is 1. The van der Waals surface area contributed by atoms with Crippen LogP contribution < -0.4 is 4.74 Å². The van der Waals surface area contributed by atoms with Gasteiger partial charge in [-0.2, -0.15) is 9.78 Å². The van der Waals surface area contributed by atoms with Crippen LogP contribution in [0.1, 0.15) is 45.5 Å². The number of nitriles is 1. The molecule has 2 aromatic heterocycles. The molecule has 7 heteroatoms. The van der Waals surface area contributed by atoms with Gasteiger partial charge in [0.05, 0.1) is 26.4 Å². The summed E-state index contributed by atoms with van der Waals surface area (Å²) in [6.07, 6.45) is 9.44. The highest BCUT2D eigenvalue weighted by Gasteiger charge is 2.14. The van der Waals surface area contributed by atoms with Crippen LogP contribution in [-0.2, 0) is 9.47 Å². The van der Waals surface area contributed by atoms with Gasteiger partial charge in [-0.3, -0.25) is 0 Å². The van der Waals surface area contributed by atoms with E-state index in [1.54, 1.807) is 31.4 Å². The minimum absolute atomic E-state index is 0.353. The van der Waals surface area contributed by atoms with Crippen LogP contribution in [0, 0.1) is 23.7 Å². The molecule has 0 bridgehead atoms. The molecule has 0 aliphatic carbocycles. The molecule has 0 unspecified atom stereocenters. The number of hydrogen-bond donors (Lipinski definition) is 0. The number of aromatic nitrogens is 3. The summed E-state index contributed by atoms with van der Waals surface area (Å²) in [6.45, 7) is 13.8. The van der Waals surface area contributed by atoms with Crippen molar-refractivity contribution in [2.45, 2.75) is 34.1 Å². The van der Waals surface area contributed by atoms with E-state index in [0.717, 1.165) is 12.0 Å². The van der Waals surface area contributed by atoms with Crippen molar-refractivity contribution in [2.24, 2.45) is 0 Å². The van der Waals surface area contributed by atoms with Gasteiger partial charge in [-0.05, 0) is 31.1 Å². The van der Waals surface area contributed by atoms with E-state index < -0.39 is 0 Å². The minimum Gasteiger partial charge on any atom is -0.477 e. The molecule has 0 atom stereocenters. The number of terminal acetylenes is 1. The molecule has 0 aromatic carbocycles. The van der Waals surface area contributed by atoms with Crippen LogP contribution in [0.25, 0.3) is 11.2 Å². The zero-order chi connectivity index (χ0) is 22.8. The highest BCUT2D eigenvalue weighted by molar-refractivity contribution is 5.70. The molecule has 0 spiro atoms. The van der Waals surface area contributed by atoms with Gasteiger partial charge in [0.15, 0.2) is 11.3 Å². The number of rotatable bonds is 9. The molecule has 0 N–H and O–H groups in total. The predicted molar refractivity (Wildman–Crippen MR) is 120 cm³/mol. The molecule has 2 aromatic rings. The highest BCUT2D eigenvalue weighted by Crippen LogP contribution is 2.20. The topological polar surface area (TPSA) is 81.7 Å². The average Bonchev–Trinajstić information content (AvgIpc) is 3.15. The number of fused-ring (bicyclic) bond motifs is 1. The van der Waals surface area contributed by atoms with Gasteiger partial charge in [0.2, 0.25) is 5.88 Å². The van der Waals surface area contributed by atoms with Crippen LogP contribution in [-0.4, -0.2) is 48.1 Å². The molecular formula is C23H32N4O3. The fourth-order valence-electron chi connectivity index (χ4n) is 2.08. The van der Waals surface area contributed by atoms with E-state index in [2.05, 4.69) is 28.7 Å². The molecule has 0 saturated heterocycles. The predicted octanol–water partition coefficient (Wildman–Crippen LogP) is 4.29. The van der Waals surface area contributed by atoms with E-state index >= 15 is 0 Å². The third-order valence-corrected chi connectivity index (χ3v) is 3.35. The smallest absolute Gasteiger partial charge is 0.231 e. The molecule has 0 fully saturated rings. The first-order chi connectivity index (χ1) is 14.6. The maximum Gasteiger partial charge on any atom is 0.231 e. The lowest BCUT2D eigenvalue weighted by Crippen LogP contribution is -2.02. The lowest BCUT2D eigenvalue weighted by atomic mass is 10.2. The third-order valence-electron chi connectivity index (χ3n) is 3.35. The van der Waals surface area contributed by atoms with Crippen molar-refractivity contribution in [3.05, 3.63) is 42.3 Å². The molecule has 0 amide bonds. The van der Waals surface area contributed by atoms with Crippen molar-refractivity contribution in [2.75, 3.05) is 33.5 Å². The van der Waals surface area contributed by atoms with Gasteiger partial charge >= 0.3 is 0 Å². The first kappa shape index (κ1) is 26.9. The SMILES string of the molecule is C#C/C=C(\C)c1nc2ccc(OCCC)nn2c1C#N.C=CCOCCOC.CC. The normalized spacial score (nSPS) is 10.0. The first-order valence-corrected chi connectivity index (χ1v) is 9.86. The van der Waals surface area contributed by atoms with E-state index in [9.17, 15) is 5.26 Å². The molecule has 2 rings (SSSR count). The van der Waals surface area contributed by atoms with Gasteiger partial charge in [-0.1, -0.05) is 32.8 Å². The molecule has 30 heavy (non-hydrogen) atoms. The monoisotopic (exact) mass is 412 g/mol. The molecule has 0 aliphatic rings. The maximum atomic E-state index is 9.32. The Morgan fingerprint density at radius 1 is 1.30 bits per heavy atom. The van der Waals surface area contributed by atoms with Crippen molar-refractivity contribution >= 4 is 11.2 Å². The van der Waals surface area contributed by atoms with Gasteiger partial charge in [0.1, 0.15) is 11.8 Å². The van der Waals surface area contributed by atoms with E-state index in [0.29, 0.717) is 49.3 Å². The third kappa shape index (κ3) is 8.91. The van der Waals surface area contributed by atoms with E-state index in [4.69, 9.17) is 20.6 Å². The average molecular weight is 413 g/mol. The summed E-state index contributed by atoms with van der Waals surface area (Å²) in [6, 6.07) is 5.62. The van der Waals surface area contributed by atoms with Crippen LogP contribution >= 0.6 is 0 Å². The number of methoxy groups -OCH3 is 1. The van der Waals surface area contributed by atoms with E-state index in [-0.39, 0.29) is 0 Å². The lowest BCUT2D eigenvalue weighted by molar-refractivity contribution is 0.0854. The Bertz CT molecular complexity index is 873. The molecular weight excluding hydrogens is 380 g/mol. The Balaban J connectivity index is 0.000000712. The lowest BCUT2D eigenvalue weighted by Gasteiger charge is -2.03. The molecule has 0 radical (unpaired) electrons. The van der Waals surface area contributed by atoms with Crippen molar-refractivity contribution < 1.29 is 14.2 Å². The van der Waals surface area contributed by atoms with Crippen LogP contribution in [0.5, 0.6) is 5.88 Å². The van der Waals surface area contributed by atoms with Gasteiger partial charge in [-0.15, -0.1) is 18.1 Å². The summed E-state index contributed by atoms with van der Waals surface area (Å²) in [5, 5.41) is 13.6. The first-order valence-electron chi connectivity index (χ1n) is 9.86. The molecule has 7 nitrogen and oxygen atoms in total. The number of hydrogen-bond acceptors (Lipinski definition) is 6. The minimum atomic E-state index is 0.353. The standard InChI is InChI=1S/C15H14N4O.C6H12O2.C2H6/c1-4-6-11(3)15-12(10-16)19-13(17-15)7-8-14(18-19)20-9-5-2;1-3-4-8-6-5-7-2;1-2/h1,6-8H,5,9H2,2-3H3;3H,1,4-6H2,2H3;1-2H3/b11-6+;;. The second-order valence-corrected chi connectivity index (χ2v) is 5.56. The number of allylic oxidation sites excluding steroid dienone is 2. The van der Waals surface area contributed by atoms with Crippen LogP contribution in [0.15, 0.2) is 30.9 Å². The second kappa shape index (κ2) is 16.8. The second-order valence-electron chi connectivity index (χ2n) is 5.56. The summed E-state index contributed by atoms with van der Waals surface area (Å²) in [5.74, 6) is 2.91. The highest BCUT2D eigenvalue weighted by atomic mass is 16.5. The van der Waals surface area contributed by atoms with Gasteiger partial charge < -0.3 is 14.2 Å². The quantitative estimate of drug-likeness (QED) is 0.347. The number of ether oxygens (including phenoxy) is 3. The van der Waals surface area contributed by atoms with Crippen LogP contribution in [0.2, 0.25) is 0 Å². The van der Waals surface area contributed by atoms with E-state index in [1.807, 2.05) is 27.7 Å². The van der Waals surface area contributed by atoms with Crippen molar-refractivity contribution in [1.29, 1.82) is 5.26 Å². The molecule has 0 saturated carbocycles. The summed E-state index contributed by atoms with van der Waals surface area (Å²) in [5.41, 5.74) is 2.24. The summed E-state index contributed by atoms with van der Waals surface area (Å²) < 4.78 is 16.7. The Labute approximate surface area is 180 Å². The summed E-state index contributed by atoms with van der Waals surface area (Å²) in [4.78, 5) is 4.38.